The maximum Gasteiger partial charge on any atom is 0.156 e. The summed E-state index contributed by atoms with van der Waals surface area (Å²) >= 11 is 0. The van der Waals surface area contributed by atoms with E-state index in [9.17, 15) is 9.90 Å². The summed E-state index contributed by atoms with van der Waals surface area (Å²) in [5.41, 5.74) is 5.73. The fraction of sp³-hybridized carbons (Fsp3) is 0.618. The van der Waals surface area contributed by atoms with E-state index in [0.29, 0.717) is 18.3 Å². The van der Waals surface area contributed by atoms with Gasteiger partial charge in [0.05, 0.1) is 0 Å². The molecule has 0 amide bonds. The van der Waals surface area contributed by atoms with Crippen LogP contribution in [0.25, 0.3) is 0 Å². The molecule has 3 nitrogen and oxygen atoms in total. The number of hydrogen-bond donors (Lipinski definition) is 1. The number of ketones is 1. The van der Waals surface area contributed by atoms with Gasteiger partial charge in [0.2, 0.25) is 0 Å². The molecule has 196 valence electrons. The molecule has 3 heteroatoms. The van der Waals surface area contributed by atoms with Gasteiger partial charge in [0.25, 0.3) is 0 Å². The van der Waals surface area contributed by atoms with Crippen LogP contribution < -0.4 is 4.90 Å². The molecule has 5 atom stereocenters. The minimum atomic E-state index is -0.951. The van der Waals surface area contributed by atoms with Crippen molar-refractivity contribution in [2.45, 2.75) is 97.0 Å². The molecule has 0 spiro atoms. The molecular weight excluding hydrogens is 454 g/mol. The number of allylic oxidation sites excluding steroid dienone is 4. The molecule has 1 aromatic carbocycles. The van der Waals surface area contributed by atoms with Crippen molar-refractivity contribution in [1.82, 2.24) is 0 Å². The van der Waals surface area contributed by atoms with Crippen molar-refractivity contribution in [2.75, 3.05) is 18.0 Å². The molecule has 2 saturated carbocycles. The van der Waals surface area contributed by atoms with Crippen LogP contribution in [0.3, 0.4) is 0 Å². The Bertz CT molecular complexity index is 1210. The molecule has 1 N–H and O–H groups in total. The maximum absolute atomic E-state index is 12.3. The highest BCUT2D eigenvalue weighted by molar-refractivity contribution is 5.93. The van der Waals surface area contributed by atoms with Gasteiger partial charge in [0.15, 0.2) is 5.78 Å². The number of carbonyl (C=O) groups excluding carboxylic acids is 1. The molecule has 3 fully saturated rings. The zero-order valence-electron chi connectivity index (χ0n) is 23.2. The van der Waals surface area contributed by atoms with E-state index in [1.807, 2.05) is 6.08 Å². The summed E-state index contributed by atoms with van der Waals surface area (Å²) in [5.74, 6) is 8.32. The molecule has 1 aliphatic heterocycles. The van der Waals surface area contributed by atoms with E-state index in [4.69, 9.17) is 0 Å². The molecule has 5 aliphatic rings. The van der Waals surface area contributed by atoms with Crippen molar-refractivity contribution >= 4 is 11.5 Å². The molecule has 0 aromatic heterocycles. The topological polar surface area (TPSA) is 40.5 Å². The summed E-state index contributed by atoms with van der Waals surface area (Å²) in [5, 5.41) is 12.2. The second-order valence-corrected chi connectivity index (χ2v) is 13.7. The third-order valence-electron chi connectivity index (χ3n) is 10.3. The summed E-state index contributed by atoms with van der Waals surface area (Å²) in [6.45, 7) is 11.0. The number of fused-ring (bicyclic) bond motifs is 4. The number of benzene rings is 1. The summed E-state index contributed by atoms with van der Waals surface area (Å²) in [6, 6.07) is 9.35. The Balaban J connectivity index is 1.45. The normalized spacial score (nSPS) is 35.4. The van der Waals surface area contributed by atoms with Gasteiger partial charge in [-0.1, -0.05) is 36.5 Å². The highest BCUT2D eigenvalue weighted by atomic mass is 16.3. The van der Waals surface area contributed by atoms with Crippen molar-refractivity contribution in [3.63, 3.8) is 0 Å². The lowest BCUT2D eigenvalue weighted by Gasteiger charge is -2.53. The van der Waals surface area contributed by atoms with Crippen molar-refractivity contribution in [2.24, 2.45) is 22.7 Å². The summed E-state index contributed by atoms with van der Waals surface area (Å²) < 4.78 is 0. The van der Waals surface area contributed by atoms with Crippen molar-refractivity contribution < 1.29 is 9.90 Å². The number of aliphatic hydroxyl groups is 1. The van der Waals surface area contributed by atoms with Crippen molar-refractivity contribution in [3.8, 4) is 11.8 Å². The van der Waals surface area contributed by atoms with Crippen LogP contribution in [-0.4, -0.2) is 29.6 Å². The third kappa shape index (κ3) is 4.21. The summed E-state index contributed by atoms with van der Waals surface area (Å²) in [7, 11) is 0. The quantitative estimate of drug-likeness (QED) is 0.449. The van der Waals surface area contributed by atoms with Crippen LogP contribution in [0, 0.1) is 34.5 Å². The predicted octanol–water partition coefficient (Wildman–Crippen LogP) is 6.97. The van der Waals surface area contributed by atoms with Gasteiger partial charge >= 0.3 is 0 Å². The molecule has 1 unspecified atom stereocenters. The zero-order chi connectivity index (χ0) is 26.0. The lowest BCUT2D eigenvalue weighted by Crippen LogP contribution is -2.51. The third-order valence-corrected chi connectivity index (χ3v) is 10.3. The van der Waals surface area contributed by atoms with E-state index in [2.05, 4.69) is 68.7 Å². The van der Waals surface area contributed by atoms with Gasteiger partial charge in [-0.3, -0.25) is 4.79 Å². The van der Waals surface area contributed by atoms with Gasteiger partial charge < -0.3 is 10.0 Å². The van der Waals surface area contributed by atoms with Crippen LogP contribution in [0.1, 0.15) is 97.0 Å². The average molecular weight is 498 g/mol. The first-order valence-corrected chi connectivity index (χ1v) is 14.7. The Morgan fingerprint density at radius 2 is 1.76 bits per heavy atom. The maximum atomic E-state index is 12.3. The van der Waals surface area contributed by atoms with Crippen molar-refractivity contribution in [3.05, 3.63) is 52.6 Å². The molecule has 1 saturated heterocycles. The molecule has 37 heavy (non-hydrogen) atoms. The number of rotatable bonds is 2. The summed E-state index contributed by atoms with van der Waals surface area (Å²) in [4.78, 5) is 14.8. The van der Waals surface area contributed by atoms with Gasteiger partial charge in [-0.15, -0.1) is 0 Å². The second-order valence-electron chi connectivity index (χ2n) is 13.7. The largest absolute Gasteiger partial charge is 0.377 e. The molecular formula is C34H43NO2. The van der Waals surface area contributed by atoms with Gasteiger partial charge in [-0.05, 0) is 119 Å². The Labute approximate surface area is 223 Å². The fourth-order valence-electron chi connectivity index (χ4n) is 8.35. The average Bonchev–Trinajstić information content (AvgIpc) is 3.49. The number of nitrogens with zero attached hydrogens (tertiary/aromatic N) is 1. The number of hydrogen-bond acceptors (Lipinski definition) is 3. The highest BCUT2D eigenvalue weighted by Gasteiger charge is 2.62. The van der Waals surface area contributed by atoms with E-state index >= 15 is 0 Å². The van der Waals surface area contributed by atoms with E-state index in [1.54, 1.807) is 5.57 Å². The molecule has 0 bridgehead atoms. The van der Waals surface area contributed by atoms with E-state index < -0.39 is 5.60 Å². The Kier molecular flexibility index (Phi) is 6.00. The predicted molar refractivity (Wildman–Crippen MR) is 150 cm³/mol. The molecule has 1 heterocycles. The first kappa shape index (κ1) is 25.0. The first-order chi connectivity index (χ1) is 17.6. The van der Waals surface area contributed by atoms with Crippen LogP contribution in [0.2, 0.25) is 0 Å². The van der Waals surface area contributed by atoms with Gasteiger partial charge in [0.1, 0.15) is 5.60 Å². The minimum Gasteiger partial charge on any atom is -0.377 e. The number of carbonyl (C=O) groups is 1. The molecule has 6 rings (SSSR count). The van der Waals surface area contributed by atoms with Crippen LogP contribution >= 0.6 is 0 Å². The zero-order valence-corrected chi connectivity index (χ0v) is 23.2. The van der Waals surface area contributed by atoms with Crippen LogP contribution in [0.15, 0.2) is 47.1 Å². The van der Waals surface area contributed by atoms with Crippen LogP contribution in [0.4, 0.5) is 5.69 Å². The van der Waals surface area contributed by atoms with E-state index in [1.165, 1.54) is 35.2 Å². The monoisotopic (exact) mass is 497 g/mol. The molecule has 1 aromatic rings. The SMILES string of the molecule is CC(C)(C)C#C[C@]1(O)CCC2[C@@H]3CCC4=CC(=O)CCC4=C3[C@@H](c3ccc(N4CCCC4)cc3)C[C@@]21C. The standard InChI is InChI=1S/C34H43NO2/c1-32(2,3)17-18-34(37)16-15-30-28-13-9-24-21-26(36)12-14-27(24)31(28)29(22-33(30,34)4)23-7-10-25(11-8-23)35-19-5-6-20-35/h7-8,10-11,21,28-30,37H,5-6,9,12-16,19-20,22H2,1-4H3/t28-,29+,30?,33-,34+/m0/s1. The van der Waals surface area contributed by atoms with Crippen molar-refractivity contribution in [1.29, 1.82) is 0 Å². The number of anilines is 1. The lowest BCUT2D eigenvalue weighted by atomic mass is 9.51. The smallest absolute Gasteiger partial charge is 0.156 e. The second kappa shape index (κ2) is 8.88. The first-order valence-electron chi connectivity index (χ1n) is 14.7. The van der Waals surface area contributed by atoms with Crippen LogP contribution in [-0.2, 0) is 4.79 Å². The van der Waals surface area contributed by atoms with Crippen LogP contribution in [0.5, 0.6) is 0 Å². The Morgan fingerprint density at radius 1 is 1.03 bits per heavy atom. The molecule has 0 radical (unpaired) electrons. The highest BCUT2D eigenvalue weighted by Crippen LogP contribution is 2.66. The van der Waals surface area contributed by atoms with Gasteiger partial charge in [-0.2, -0.15) is 0 Å². The summed E-state index contributed by atoms with van der Waals surface area (Å²) in [6.07, 6.45) is 10.8. The Hall–Kier alpha value is -2.31. The molecule has 4 aliphatic carbocycles. The minimum absolute atomic E-state index is 0.129. The lowest BCUT2D eigenvalue weighted by molar-refractivity contribution is -0.114. The van der Waals surface area contributed by atoms with E-state index in [-0.39, 0.29) is 22.5 Å². The Morgan fingerprint density at radius 3 is 2.46 bits per heavy atom. The van der Waals surface area contributed by atoms with Gasteiger partial charge in [-0.25, -0.2) is 0 Å². The van der Waals surface area contributed by atoms with E-state index in [0.717, 1.165) is 51.6 Å². The fourth-order valence-corrected chi connectivity index (χ4v) is 8.35. The van der Waals surface area contributed by atoms with Gasteiger partial charge in [0, 0.05) is 41.9 Å².